The average molecular weight is 445 g/mol. The van der Waals surface area contributed by atoms with Crippen LogP contribution in [-0.4, -0.2) is 26.4 Å². The Balaban J connectivity index is 1.59. The van der Waals surface area contributed by atoms with Crippen molar-refractivity contribution in [1.29, 1.82) is 0 Å². The Bertz CT molecular complexity index is 1040. The number of nitrogens with one attached hydrogen (secondary N) is 1. The molecular formula is C22H25ClN4O2S. The first-order chi connectivity index (χ1) is 14.4. The van der Waals surface area contributed by atoms with Crippen molar-refractivity contribution in [3.8, 4) is 5.75 Å². The van der Waals surface area contributed by atoms with Gasteiger partial charge in [0.2, 0.25) is 5.91 Å². The van der Waals surface area contributed by atoms with Crippen molar-refractivity contribution in [2.75, 3.05) is 11.1 Å². The van der Waals surface area contributed by atoms with E-state index in [2.05, 4.69) is 29.4 Å². The molecule has 0 atom stereocenters. The molecule has 0 aliphatic rings. The number of rotatable bonds is 8. The number of halogens is 1. The second kappa shape index (κ2) is 10.00. The van der Waals surface area contributed by atoms with E-state index in [0.717, 1.165) is 16.8 Å². The predicted octanol–water partition coefficient (Wildman–Crippen LogP) is 5.21. The molecule has 30 heavy (non-hydrogen) atoms. The Morgan fingerprint density at radius 3 is 2.70 bits per heavy atom. The molecule has 0 spiro atoms. The van der Waals surface area contributed by atoms with Crippen LogP contribution >= 0.6 is 23.4 Å². The molecule has 8 heteroatoms. The third kappa shape index (κ3) is 5.34. The number of ether oxygens (including phenoxy) is 1. The lowest BCUT2D eigenvalue weighted by Crippen LogP contribution is -2.17. The summed E-state index contributed by atoms with van der Waals surface area (Å²) in [7, 11) is 1.85. The van der Waals surface area contributed by atoms with Crippen LogP contribution in [0.2, 0.25) is 5.02 Å². The molecule has 1 N–H and O–H groups in total. The number of amides is 1. The SMILES string of the molecule is Cc1cccc(C(C)C)c1NC(=O)CSc1nnc(COc2ccccc2Cl)n1C. The van der Waals surface area contributed by atoms with Gasteiger partial charge in [-0.1, -0.05) is 67.5 Å². The number of carbonyl (C=O) groups is 1. The fourth-order valence-corrected chi connectivity index (χ4v) is 3.87. The van der Waals surface area contributed by atoms with Gasteiger partial charge in [-0.3, -0.25) is 4.79 Å². The zero-order valence-electron chi connectivity index (χ0n) is 17.5. The molecule has 0 aliphatic carbocycles. The van der Waals surface area contributed by atoms with Gasteiger partial charge in [0.05, 0.1) is 10.8 Å². The van der Waals surface area contributed by atoms with Gasteiger partial charge in [-0.15, -0.1) is 10.2 Å². The lowest BCUT2D eigenvalue weighted by Gasteiger charge is -2.16. The van der Waals surface area contributed by atoms with Crippen LogP contribution in [0.4, 0.5) is 5.69 Å². The molecular weight excluding hydrogens is 420 g/mol. The molecule has 0 bridgehead atoms. The first-order valence-electron chi connectivity index (χ1n) is 9.64. The number of hydrogen-bond acceptors (Lipinski definition) is 5. The van der Waals surface area contributed by atoms with Crippen molar-refractivity contribution in [1.82, 2.24) is 14.8 Å². The Labute approximate surface area is 186 Å². The number of hydrogen-bond donors (Lipinski definition) is 1. The number of thioether (sulfide) groups is 1. The summed E-state index contributed by atoms with van der Waals surface area (Å²) in [5, 5.41) is 12.6. The van der Waals surface area contributed by atoms with E-state index in [4.69, 9.17) is 16.3 Å². The largest absolute Gasteiger partial charge is 0.484 e. The summed E-state index contributed by atoms with van der Waals surface area (Å²) in [5.41, 5.74) is 3.08. The van der Waals surface area contributed by atoms with Crippen LogP contribution in [0.1, 0.15) is 36.7 Å². The molecule has 1 amide bonds. The lowest BCUT2D eigenvalue weighted by atomic mass is 9.98. The molecule has 2 aromatic carbocycles. The molecule has 0 unspecified atom stereocenters. The number of aromatic nitrogens is 3. The first-order valence-corrected chi connectivity index (χ1v) is 11.0. The molecule has 1 aromatic heterocycles. The Kier molecular flexibility index (Phi) is 7.39. The molecule has 6 nitrogen and oxygen atoms in total. The van der Waals surface area contributed by atoms with Gasteiger partial charge in [0.15, 0.2) is 11.0 Å². The lowest BCUT2D eigenvalue weighted by molar-refractivity contribution is -0.113. The smallest absolute Gasteiger partial charge is 0.234 e. The molecule has 0 radical (unpaired) electrons. The van der Waals surface area contributed by atoms with E-state index in [1.165, 1.54) is 11.8 Å². The average Bonchev–Trinajstić information content (AvgIpc) is 3.06. The van der Waals surface area contributed by atoms with Crippen molar-refractivity contribution < 1.29 is 9.53 Å². The van der Waals surface area contributed by atoms with E-state index < -0.39 is 0 Å². The fraction of sp³-hybridized carbons (Fsp3) is 0.318. The van der Waals surface area contributed by atoms with Gasteiger partial charge in [0.25, 0.3) is 0 Å². The topological polar surface area (TPSA) is 69.0 Å². The number of aryl methyl sites for hydroxylation is 1. The minimum absolute atomic E-state index is 0.0759. The van der Waals surface area contributed by atoms with Gasteiger partial charge >= 0.3 is 0 Å². The molecule has 0 saturated heterocycles. The number of anilines is 1. The van der Waals surface area contributed by atoms with Crippen molar-refractivity contribution >= 4 is 35.0 Å². The van der Waals surface area contributed by atoms with Crippen molar-refractivity contribution in [3.63, 3.8) is 0 Å². The van der Waals surface area contributed by atoms with E-state index >= 15 is 0 Å². The van der Waals surface area contributed by atoms with Crippen LogP contribution in [0.25, 0.3) is 0 Å². The summed E-state index contributed by atoms with van der Waals surface area (Å²) in [5.74, 6) is 1.73. The van der Waals surface area contributed by atoms with E-state index in [1.54, 1.807) is 12.1 Å². The highest BCUT2D eigenvalue weighted by molar-refractivity contribution is 7.99. The van der Waals surface area contributed by atoms with E-state index in [-0.39, 0.29) is 18.3 Å². The third-order valence-corrected chi connectivity index (χ3v) is 5.97. The highest BCUT2D eigenvalue weighted by Gasteiger charge is 2.15. The molecule has 0 fully saturated rings. The van der Waals surface area contributed by atoms with Crippen molar-refractivity contribution in [3.05, 3.63) is 64.4 Å². The Morgan fingerprint density at radius 2 is 1.97 bits per heavy atom. The zero-order chi connectivity index (χ0) is 21.7. The van der Waals surface area contributed by atoms with E-state index in [0.29, 0.717) is 27.7 Å². The summed E-state index contributed by atoms with van der Waals surface area (Å²) in [6.07, 6.45) is 0. The highest BCUT2D eigenvalue weighted by Crippen LogP contribution is 2.28. The van der Waals surface area contributed by atoms with E-state index in [9.17, 15) is 4.79 Å². The standard InChI is InChI=1S/C22H25ClN4O2S/c1-14(2)16-9-7-8-15(3)21(16)24-20(28)13-30-22-26-25-19(27(22)4)12-29-18-11-6-5-10-17(18)23/h5-11,14H,12-13H2,1-4H3,(H,24,28). The van der Waals surface area contributed by atoms with Gasteiger partial charge in [0, 0.05) is 12.7 Å². The van der Waals surface area contributed by atoms with Crippen molar-refractivity contribution in [2.45, 2.75) is 38.5 Å². The van der Waals surface area contributed by atoms with E-state index in [1.807, 2.05) is 48.9 Å². The molecule has 0 aliphatic heterocycles. The molecule has 1 heterocycles. The predicted molar refractivity (Wildman–Crippen MR) is 121 cm³/mol. The first kappa shape index (κ1) is 22.2. The van der Waals surface area contributed by atoms with Crippen LogP contribution in [0.3, 0.4) is 0 Å². The molecule has 0 saturated carbocycles. The summed E-state index contributed by atoms with van der Waals surface area (Å²) < 4.78 is 7.55. The zero-order valence-corrected chi connectivity index (χ0v) is 19.0. The van der Waals surface area contributed by atoms with Crippen LogP contribution in [0.5, 0.6) is 5.75 Å². The minimum atomic E-state index is -0.0759. The molecule has 158 valence electrons. The second-order valence-electron chi connectivity index (χ2n) is 7.21. The van der Waals surface area contributed by atoms with Gasteiger partial charge < -0.3 is 14.6 Å². The number of carbonyl (C=O) groups excluding carboxylic acids is 1. The Hall–Kier alpha value is -2.51. The second-order valence-corrected chi connectivity index (χ2v) is 8.56. The summed E-state index contributed by atoms with van der Waals surface area (Å²) in [6, 6.07) is 13.3. The van der Waals surface area contributed by atoms with Gasteiger partial charge in [-0.05, 0) is 36.1 Å². The molecule has 3 rings (SSSR count). The summed E-state index contributed by atoms with van der Waals surface area (Å²) >= 11 is 7.45. The summed E-state index contributed by atoms with van der Waals surface area (Å²) in [4.78, 5) is 12.6. The van der Waals surface area contributed by atoms with Gasteiger partial charge in [-0.25, -0.2) is 0 Å². The van der Waals surface area contributed by atoms with Crippen molar-refractivity contribution in [2.24, 2.45) is 7.05 Å². The van der Waals surface area contributed by atoms with Crippen LogP contribution in [0, 0.1) is 6.92 Å². The monoisotopic (exact) mass is 444 g/mol. The van der Waals surface area contributed by atoms with Crippen LogP contribution in [0.15, 0.2) is 47.6 Å². The van der Waals surface area contributed by atoms with Gasteiger partial charge in [-0.2, -0.15) is 0 Å². The highest BCUT2D eigenvalue weighted by atomic mass is 35.5. The maximum Gasteiger partial charge on any atom is 0.234 e. The Morgan fingerprint density at radius 1 is 1.20 bits per heavy atom. The van der Waals surface area contributed by atoms with Crippen LogP contribution in [-0.2, 0) is 18.4 Å². The normalized spacial score (nSPS) is 11.0. The minimum Gasteiger partial charge on any atom is -0.484 e. The fourth-order valence-electron chi connectivity index (χ4n) is 2.95. The number of benzene rings is 2. The molecule has 3 aromatic rings. The van der Waals surface area contributed by atoms with Crippen LogP contribution < -0.4 is 10.1 Å². The number of nitrogens with zero attached hydrogens (tertiary/aromatic N) is 3. The third-order valence-electron chi connectivity index (χ3n) is 4.64. The quantitative estimate of drug-likeness (QED) is 0.483. The number of para-hydroxylation sites is 2. The maximum absolute atomic E-state index is 12.6. The maximum atomic E-state index is 12.6. The summed E-state index contributed by atoms with van der Waals surface area (Å²) in [6.45, 7) is 6.47. The van der Waals surface area contributed by atoms with Gasteiger partial charge in [0.1, 0.15) is 12.4 Å².